The van der Waals surface area contributed by atoms with Crippen LogP contribution >= 0.6 is 0 Å². The Kier molecular flexibility index (Phi) is 5.15. The molecule has 0 saturated heterocycles. The van der Waals surface area contributed by atoms with E-state index in [0.29, 0.717) is 34.9 Å². The van der Waals surface area contributed by atoms with E-state index in [-0.39, 0.29) is 29.9 Å². The van der Waals surface area contributed by atoms with Crippen LogP contribution in [0.3, 0.4) is 0 Å². The van der Waals surface area contributed by atoms with Crippen LogP contribution in [0.1, 0.15) is 43.5 Å². The first-order valence-electron chi connectivity index (χ1n) is 10.8. The van der Waals surface area contributed by atoms with Crippen molar-refractivity contribution in [2.45, 2.75) is 32.7 Å². The molecule has 8 nitrogen and oxygen atoms in total. The van der Waals surface area contributed by atoms with Gasteiger partial charge in [-0.05, 0) is 36.0 Å². The van der Waals surface area contributed by atoms with E-state index in [1.165, 1.54) is 23.0 Å². The molecule has 1 fully saturated rings. The number of allylic oxidation sites excluding steroid dienone is 2. The minimum atomic E-state index is -0.584. The zero-order valence-electron chi connectivity index (χ0n) is 18.4. The van der Waals surface area contributed by atoms with Crippen LogP contribution in [-0.2, 0) is 13.6 Å². The lowest BCUT2D eigenvalue weighted by Crippen LogP contribution is -2.22. The number of hydrogen-bond donors (Lipinski definition) is 0. The molecule has 0 spiro atoms. The van der Waals surface area contributed by atoms with Crippen molar-refractivity contribution in [2.75, 3.05) is 0 Å². The normalized spacial score (nSPS) is 20.9. The Bertz CT molecular complexity index is 1440. The fourth-order valence-corrected chi connectivity index (χ4v) is 4.56. The van der Waals surface area contributed by atoms with Crippen LogP contribution in [-0.4, -0.2) is 29.2 Å². The van der Waals surface area contributed by atoms with Crippen LogP contribution in [0, 0.1) is 23.5 Å². The summed E-state index contributed by atoms with van der Waals surface area (Å²) in [6, 6.07) is 3.65. The molecular formula is C23H22F2N6O2. The third-order valence-electron chi connectivity index (χ3n) is 6.14. The molecule has 1 saturated carbocycles. The zero-order chi connectivity index (χ0) is 23.3. The molecule has 4 aromatic rings. The van der Waals surface area contributed by atoms with Gasteiger partial charge in [0, 0.05) is 24.6 Å². The molecule has 0 aliphatic heterocycles. The van der Waals surface area contributed by atoms with Gasteiger partial charge in [0.05, 0.1) is 6.33 Å². The monoisotopic (exact) mass is 452 g/mol. The van der Waals surface area contributed by atoms with Crippen LogP contribution < -0.4 is 5.56 Å². The van der Waals surface area contributed by atoms with Gasteiger partial charge in [0.15, 0.2) is 17.0 Å². The molecule has 1 aromatic carbocycles. The van der Waals surface area contributed by atoms with Crippen molar-refractivity contribution in [2.24, 2.45) is 18.9 Å². The number of benzene rings is 1. The lowest BCUT2D eigenvalue weighted by atomic mass is 10.0. The highest BCUT2D eigenvalue weighted by atomic mass is 19.1. The van der Waals surface area contributed by atoms with E-state index in [2.05, 4.69) is 20.1 Å². The summed E-state index contributed by atoms with van der Waals surface area (Å²) in [5.74, 6) is 0.371. The Morgan fingerprint density at radius 1 is 1.18 bits per heavy atom. The average molecular weight is 452 g/mol. The number of fused-ring (bicyclic) bond motifs is 2. The number of rotatable bonds is 4. The zero-order valence-corrected chi connectivity index (χ0v) is 18.4. The summed E-state index contributed by atoms with van der Waals surface area (Å²) < 4.78 is 35.6. The molecule has 33 heavy (non-hydrogen) atoms. The fraction of sp³-hybridized carbons (Fsp3) is 0.348. The van der Waals surface area contributed by atoms with Gasteiger partial charge >= 0.3 is 0 Å². The molecule has 10 heteroatoms. The molecule has 0 N–H and O–H groups in total. The van der Waals surface area contributed by atoms with Gasteiger partial charge in [0.1, 0.15) is 24.5 Å². The summed E-state index contributed by atoms with van der Waals surface area (Å²) >= 11 is 0. The molecule has 3 aromatic heterocycles. The maximum Gasteiger partial charge on any atom is 0.280 e. The largest absolute Gasteiger partial charge is 0.337 e. The van der Waals surface area contributed by atoms with Gasteiger partial charge in [-0.2, -0.15) is 4.98 Å². The van der Waals surface area contributed by atoms with E-state index in [1.54, 1.807) is 17.9 Å². The van der Waals surface area contributed by atoms with Gasteiger partial charge in [0.25, 0.3) is 5.56 Å². The third-order valence-corrected chi connectivity index (χ3v) is 6.14. The third kappa shape index (κ3) is 3.55. The Morgan fingerprint density at radius 3 is 2.70 bits per heavy atom. The fourth-order valence-electron chi connectivity index (χ4n) is 4.56. The van der Waals surface area contributed by atoms with Gasteiger partial charge in [-0.25, -0.2) is 18.7 Å². The van der Waals surface area contributed by atoms with E-state index in [4.69, 9.17) is 4.52 Å². The summed E-state index contributed by atoms with van der Waals surface area (Å²) in [6.45, 7) is 4.11. The summed E-state index contributed by atoms with van der Waals surface area (Å²) in [6.07, 6.45) is 5.66. The van der Waals surface area contributed by atoms with Crippen LogP contribution in [0.5, 0.6) is 0 Å². The van der Waals surface area contributed by atoms with Crippen molar-refractivity contribution >= 4 is 16.7 Å². The quantitative estimate of drug-likeness (QED) is 0.469. The summed E-state index contributed by atoms with van der Waals surface area (Å²) in [4.78, 5) is 25.4. The molecule has 0 amide bonds. The highest BCUT2D eigenvalue weighted by molar-refractivity contribution is 5.71. The topological polar surface area (TPSA) is 91.6 Å². The van der Waals surface area contributed by atoms with Crippen molar-refractivity contribution in [1.29, 1.82) is 0 Å². The molecule has 3 unspecified atom stereocenters. The molecule has 2 aliphatic carbocycles. The van der Waals surface area contributed by atoms with E-state index >= 15 is 0 Å². The van der Waals surface area contributed by atoms with Crippen molar-refractivity contribution in [3.63, 3.8) is 0 Å². The summed E-state index contributed by atoms with van der Waals surface area (Å²) in [7, 11) is 1.74. The Hall–Kier alpha value is -3.69. The van der Waals surface area contributed by atoms with Crippen LogP contribution in [0.25, 0.3) is 16.7 Å². The molecule has 2 aliphatic rings. The predicted octanol–water partition coefficient (Wildman–Crippen LogP) is 3.68. The number of imidazole rings is 1. The second kappa shape index (κ2) is 8.02. The lowest BCUT2D eigenvalue weighted by molar-refractivity contribution is 0.364. The highest BCUT2D eigenvalue weighted by Gasteiger charge is 2.55. The van der Waals surface area contributed by atoms with Crippen molar-refractivity contribution in [1.82, 2.24) is 29.2 Å². The maximum absolute atomic E-state index is 14.1. The molecule has 6 rings (SSSR count). The molecule has 0 radical (unpaired) electrons. The lowest BCUT2D eigenvalue weighted by Gasteiger charge is -2.07. The SMILES string of the molecule is CC.Cn1cnc2ncn(Cc3nc(C4C5C=C(c6ccc(F)cc6F)CC54)no3)c(=O)c21. The van der Waals surface area contributed by atoms with Crippen LogP contribution in [0.2, 0.25) is 0 Å². The van der Waals surface area contributed by atoms with E-state index in [1.807, 2.05) is 19.9 Å². The number of hydrogen-bond acceptors (Lipinski definition) is 6. The molecule has 3 atom stereocenters. The smallest absolute Gasteiger partial charge is 0.280 e. The van der Waals surface area contributed by atoms with Crippen molar-refractivity contribution in [3.8, 4) is 0 Å². The summed E-state index contributed by atoms with van der Waals surface area (Å²) in [5.41, 5.74) is 1.89. The maximum atomic E-state index is 14.1. The molecule has 3 heterocycles. The second-order valence-corrected chi connectivity index (χ2v) is 8.04. The van der Waals surface area contributed by atoms with Gasteiger partial charge in [-0.15, -0.1) is 0 Å². The molecule has 0 bridgehead atoms. The predicted molar refractivity (Wildman–Crippen MR) is 116 cm³/mol. The Morgan fingerprint density at radius 2 is 1.97 bits per heavy atom. The van der Waals surface area contributed by atoms with Crippen LogP contribution in [0.15, 0.2) is 46.2 Å². The van der Waals surface area contributed by atoms with Gasteiger partial charge in [-0.3, -0.25) is 9.36 Å². The van der Waals surface area contributed by atoms with Crippen molar-refractivity contribution in [3.05, 3.63) is 76.2 Å². The molecule has 170 valence electrons. The highest BCUT2D eigenvalue weighted by Crippen LogP contribution is 2.62. The minimum absolute atomic E-state index is 0.110. The first kappa shape index (κ1) is 21.2. The number of aryl methyl sites for hydroxylation is 1. The Labute approximate surface area is 187 Å². The van der Waals surface area contributed by atoms with Gasteiger partial charge < -0.3 is 9.09 Å². The van der Waals surface area contributed by atoms with E-state index in [0.717, 1.165) is 11.6 Å². The van der Waals surface area contributed by atoms with Gasteiger partial charge in [-0.1, -0.05) is 25.1 Å². The minimum Gasteiger partial charge on any atom is -0.337 e. The second-order valence-electron chi connectivity index (χ2n) is 8.04. The first-order valence-corrected chi connectivity index (χ1v) is 10.8. The van der Waals surface area contributed by atoms with E-state index in [9.17, 15) is 13.6 Å². The first-order chi connectivity index (χ1) is 16.0. The van der Waals surface area contributed by atoms with E-state index < -0.39 is 11.6 Å². The van der Waals surface area contributed by atoms with Gasteiger partial charge in [0.2, 0.25) is 5.89 Å². The standard InChI is InChI=1S/C21H16F2N6O2.C2H6/c1-28-8-24-20-18(28)21(30)29(9-25-20)7-16-26-19(27-31-16)17-13-4-10(5-14(13)17)12-3-2-11(22)6-15(12)23;1-2/h2-4,6,8-9,13-14,17H,5,7H2,1H3;1-2H3. The summed E-state index contributed by atoms with van der Waals surface area (Å²) in [5, 5.41) is 4.09. The number of nitrogens with zero attached hydrogens (tertiary/aromatic N) is 6. The van der Waals surface area contributed by atoms with Crippen molar-refractivity contribution < 1.29 is 13.3 Å². The number of halogens is 2. The Balaban J connectivity index is 0.00000111. The van der Waals surface area contributed by atoms with Crippen LogP contribution in [0.4, 0.5) is 8.78 Å². The average Bonchev–Trinajstić information content (AvgIpc) is 3.21. The molecular weight excluding hydrogens is 430 g/mol. The number of aromatic nitrogens is 6.